The average molecular weight is 346 g/mol. The van der Waals surface area contributed by atoms with Crippen molar-refractivity contribution >= 4 is 34.9 Å². The van der Waals surface area contributed by atoms with E-state index in [0.717, 1.165) is 17.7 Å². The van der Waals surface area contributed by atoms with Gasteiger partial charge in [-0.2, -0.15) is 0 Å². The lowest BCUT2D eigenvalue weighted by Gasteiger charge is -2.27. The van der Waals surface area contributed by atoms with E-state index in [4.69, 9.17) is 0 Å². The van der Waals surface area contributed by atoms with Crippen LogP contribution in [0.5, 0.6) is 0 Å². The third-order valence-corrected chi connectivity index (χ3v) is 5.75. The number of nitrogens with one attached hydrogen (secondary N) is 2. The lowest BCUT2D eigenvalue weighted by Crippen LogP contribution is -2.46. The second kappa shape index (κ2) is 7.19. The van der Waals surface area contributed by atoms with Gasteiger partial charge in [0, 0.05) is 10.6 Å². The van der Waals surface area contributed by atoms with Crippen LogP contribution in [0.2, 0.25) is 0 Å². The molecule has 2 N–H and O–H groups in total. The summed E-state index contributed by atoms with van der Waals surface area (Å²) in [4.78, 5) is 26.3. The zero-order valence-corrected chi connectivity index (χ0v) is 14.4. The topological polar surface area (TPSA) is 58.2 Å². The number of carbonyl (C=O) groups excluding carboxylic acids is 2. The second-order valence-electron chi connectivity index (χ2n) is 5.41. The Bertz CT molecular complexity index is 700. The first-order valence-electron chi connectivity index (χ1n) is 7.51. The van der Waals surface area contributed by atoms with Crippen LogP contribution < -0.4 is 10.6 Å². The van der Waals surface area contributed by atoms with Gasteiger partial charge in [-0.1, -0.05) is 24.3 Å². The standard InChI is InChI=1S/C17H18N2O2S2/c1-11(18-17(21)15-7-4-9-22-15)16(20)19-13-8-10-23-14-6-3-2-5-12(13)14/h2-7,9,11,13H,8,10H2,1H3,(H,18,21)(H,19,20)/t11-,13-/m1/s1. The van der Waals surface area contributed by atoms with Crippen LogP contribution in [0.25, 0.3) is 0 Å². The Hall–Kier alpha value is -1.79. The van der Waals surface area contributed by atoms with Gasteiger partial charge in [-0.05, 0) is 36.4 Å². The van der Waals surface area contributed by atoms with E-state index in [0.29, 0.717) is 4.88 Å². The molecule has 0 saturated carbocycles. The molecule has 4 nitrogen and oxygen atoms in total. The average Bonchev–Trinajstić information content (AvgIpc) is 3.09. The lowest BCUT2D eigenvalue weighted by atomic mass is 10.0. The maximum Gasteiger partial charge on any atom is 0.261 e. The van der Waals surface area contributed by atoms with Gasteiger partial charge in [0.1, 0.15) is 6.04 Å². The maximum atomic E-state index is 12.4. The van der Waals surface area contributed by atoms with Crippen LogP contribution in [-0.2, 0) is 4.79 Å². The monoisotopic (exact) mass is 346 g/mol. The maximum absolute atomic E-state index is 12.4. The van der Waals surface area contributed by atoms with E-state index < -0.39 is 6.04 Å². The first kappa shape index (κ1) is 16.1. The minimum absolute atomic E-state index is 0.0149. The fraction of sp³-hybridized carbons (Fsp3) is 0.294. The van der Waals surface area contributed by atoms with Crippen molar-refractivity contribution in [1.82, 2.24) is 10.6 Å². The normalized spacial score (nSPS) is 17.9. The molecule has 1 aliphatic rings. The molecule has 2 amide bonds. The van der Waals surface area contributed by atoms with E-state index in [9.17, 15) is 9.59 Å². The predicted molar refractivity (Wildman–Crippen MR) is 93.9 cm³/mol. The van der Waals surface area contributed by atoms with E-state index in [1.54, 1.807) is 13.0 Å². The van der Waals surface area contributed by atoms with E-state index >= 15 is 0 Å². The van der Waals surface area contributed by atoms with Crippen LogP contribution >= 0.6 is 23.1 Å². The smallest absolute Gasteiger partial charge is 0.261 e. The molecule has 6 heteroatoms. The first-order chi connectivity index (χ1) is 11.1. The zero-order valence-electron chi connectivity index (χ0n) is 12.7. The third-order valence-electron chi connectivity index (χ3n) is 3.76. The van der Waals surface area contributed by atoms with Gasteiger partial charge in [0.25, 0.3) is 5.91 Å². The largest absolute Gasteiger partial charge is 0.347 e. The van der Waals surface area contributed by atoms with Crippen molar-refractivity contribution in [3.8, 4) is 0 Å². The summed E-state index contributed by atoms with van der Waals surface area (Å²) in [5, 5.41) is 7.66. The van der Waals surface area contributed by atoms with E-state index in [2.05, 4.69) is 22.8 Å². The molecule has 1 aliphatic heterocycles. The molecule has 0 aliphatic carbocycles. The quantitative estimate of drug-likeness (QED) is 0.894. The van der Waals surface area contributed by atoms with Crippen molar-refractivity contribution in [1.29, 1.82) is 0 Å². The number of thioether (sulfide) groups is 1. The van der Waals surface area contributed by atoms with E-state index in [-0.39, 0.29) is 17.9 Å². The van der Waals surface area contributed by atoms with Crippen molar-refractivity contribution in [2.75, 3.05) is 5.75 Å². The van der Waals surface area contributed by atoms with Gasteiger partial charge < -0.3 is 10.6 Å². The van der Waals surface area contributed by atoms with E-state index in [1.165, 1.54) is 16.2 Å². The Morgan fingerprint density at radius 2 is 2.04 bits per heavy atom. The Kier molecular flexibility index (Phi) is 5.03. The molecular weight excluding hydrogens is 328 g/mol. The molecule has 0 radical (unpaired) electrons. The first-order valence-corrected chi connectivity index (χ1v) is 9.38. The number of rotatable bonds is 4. The number of benzene rings is 1. The van der Waals surface area contributed by atoms with Gasteiger partial charge in [0.05, 0.1) is 10.9 Å². The Morgan fingerprint density at radius 3 is 2.83 bits per heavy atom. The zero-order chi connectivity index (χ0) is 16.2. The predicted octanol–water partition coefficient (Wildman–Crippen LogP) is 3.22. The van der Waals surface area contributed by atoms with Crippen molar-refractivity contribution < 1.29 is 9.59 Å². The van der Waals surface area contributed by atoms with Crippen LogP contribution in [0.1, 0.15) is 34.6 Å². The molecule has 2 heterocycles. The van der Waals surface area contributed by atoms with Crippen LogP contribution in [0.4, 0.5) is 0 Å². The van der Waals surface area contributed by atoms with Crippen molar-refractivity contribution in [3.05, 3.63) is 52.2 Å². The highest BCUT2D eigenvalue weighted by Gasteiger charge is 2.24. The van der Waals surface area contributed by atoms with Gasteiger partial charge in [-0.3, -0.25) is 9.59 Å². The molecule has 120 valence electrons. The molecule has 1 aromatic heterocycles. The minimum Gasteiger partial charge on any atom is -0.347 e. The summed E-state index contributed by atoms with van der Waals surface area (Å²) in [5.41, 5.74) is 1.16. The summed E-state index contributed by atoms with van der Waals surface area (Å²) < 4.78 is 0. The summed E-state index contributed by atoms with van der Waals surface area (Å²) in [6, 6.07) is 11.2. The van der Waals surface area contributed by atoms with E-state index in [1.807, 2.05) is 35.3 Å². The number of hydrogen-bond acceptors (Lipinski definition) is 4. The Labute approximate surface area is 143 Å². The molecule has 0 spiro atoms. The number of amides is 2. The van der Waals surface area contributed by atoms with Crippen LogP contribution in [-0.4, -0.2) is 23.6 Å². The van der Waals surface area contributed by atoms with Gasteiger partial charge in [0.15, 0.2) is 0 Å². The number of thiophene rings is 1. The summed E-state index contributed by atoms with van der Waals surface area (Å²) in [6.07, 6.45) is 0.902. The molecular formula is C17H18N2O2S2. The molecule has 0 bridgehead atoms. The molecule has 3 rings (SSSR count). The molecule has 0 unspecified atom stereocenters. The summed E-state index contributed by atoms with van der Waals surface area (Å²) in [6.45, 7) is 1.71. The second-order valence-corrected chi connectivity index (χ2v) is 7.49. The summed E-state index contributed by atoms with van der Waals surface area (Å²) >= 11 is 3.18. The number of hydrogen-bond donors (Lipinski definition) is 2. The molecule has 0 fully saturated rings. The van der Waals surface area contributed by atoms with Crippen molar-refractivity contribution in [3.63, 3.8) is 0 Å². The molecule has 0 saturated heterocycles. The van der Waals surface area contributed by atoms with Gasteiger partial charge in [-0.25, -0.2) is 0 Å². The van der Waals surface area contributed by atoms with Gasteiger partial charge in [0.2, 0.25) is 5.91 Å². The van der Waals surface area contributed by atoms with Crippen molar-refractivity contribution in [2.45, 2.75) is 30.3 Å². The van der Waals surface area contributed by atoms with Crippen LogP contribution in [0, 0.1) is 0 Å². The highest BCUT2D eigenvalue weighted by Crippen LogP contribution is 2.35. The van der Waals surface area contributed by atoms with Crippen LogP contribution in [0.3, 0.4) is 0 Å². The van der Waals surface area contributed by atoms with Crippen molar-refractivity contribution in [2.24, 2.45) is 0 Å². The highest BCUT2D eigenvalue weighted by molar-refractivity contribution is 7.99. The molecule has 2 aromatic rings. The molecule has 1 aromatic carbocycles. The van der Waals surface area contributed by atoms with Gasteiger partial charge in [-0.15, -0.1) is 23.1 Å². The van der Waals surface area contributed by atoms with Gasteiger partial charge >= 0.3 is 0 Å². The lowest BCUT2D eigenvalue weighted by molar-refractivity contribution is -0.123. The Balaban J connectivity index is 1.62. The fourth-order valence-corrected chi connectivity index (χ4v) is 4.28. The summed E-state index contributed by atoms with van der Waals surface area (Å²) in [7, 11) is 0. The summed E-state index contributed by atoms with van der Waals surface area (Å²) in [5.74, 6) is 0.626. The number of fused-ring (bicyclic) bond motifs is 1. The minimum atomic E-state index is -0.564. The van der Waals surface area contributed by atoms with Crippen LogP contribution in [0.15, 0.2) is 46.7 Å². The third kappa shape index (κ3) is 3.76. The molecule has 2 atom stereocenters. The molecule has 23 heavy (non-hydrogen) atoms. The number of carbonyl (C=O) groups is 2. The highest BCUT2D eigenvalue weighted by atomic mass is 32.2. The Morgan fingerprint density at radius 1 is 1.22 bits per heavy atom. The fourth-order valence-electron chi connectivity index (χ4n) is 2.53. The SMILES string of the molecule is C[C@@H](NC(=O)c1cccs1)C(=O)N[C@@H]1CCSc2ccccc21.